The van der Waals surface area contributed by atoms with E-state index in [0.29, 0.717) is 24.7 Å². The van der Waals surface area contributed by atoms with E-state index in [2.05, 4.69) is 0 Å². The van der Waals surface area contributed by atoms with Gasteiger partial charge in [-0.25, -0.2) is 8.42 Å². The zero-order valence-electron chi connectivity index (χ0n) is 12.2. The van der Waals surface area contributed by atoms with Gasteiger partial charge in [0.2, 0.25) is 10.0 Å². The number of sulfonamides is 1. The predicted molar refractivity (Wildman–Crippen MR) is 85.2 cm³/mol. The van der Waals surface area contributed by atoms with Gasteiger partial charge >= 0.3 is 0 Å². The fourth-order valence-electron chi connectivity index (χ4n) is 3.01. The van der Waals surface area contributed by atoms with E-state index in [1.807, 2.05) is 36.9 Å². The van der Waals surface area contributed by atoms with Crippen molar-refractivity contribution in [2.24, 2.45) is 0 Å². The Labute approximate surface area is 130 Å². The Hall–Kier alpha value is -0.560. The molecule has 0 amide bonds. The largest absolute Gasteiger partial charge is 0.380 e. The third-order valence-electron chi connectivity index (χ3n) is 4.20. The van der Waals surface area contributed by atoms with E-state index in [1.165, 1.54) is 0 Å². The molecule has 0 bridgehead atoms. The highest BCUT2D eigenvalue weighted by Crippen LogP contribution is 2.34. The molecule has 2 atom stereocenters. The summed E-state index contributed by atoms with van der Waals surface area (Å²) in [5, 5.41) is 0.275. The van der Waals surface area contributed by atoms with E-state index >= 15 is 0 Å². The molecule has 2 fully saturated rings. The van der Waals surface area contributed by atoms with Gasteiger partial charge in [-0.05, 0) is 30.5 Å². The van der Waals surface area contributed by atoms with Crippen molar-refractivity contribution < 1.29 is 13.2 Å². The zero-order chi connectivity index (χ0) is 14.9. The van der Waals surface area contributed by atoms with Gasteiger partial charge < -0.3 is 4.74 Å². The lowest BCUT2D eigenvalue weighted by molar-refractivity contribution is 0.0625. The maximum absolute atomic E-state index is 13.0. The van der Waals surface area contributed by atoms with Crippen molar-refractivity contribution in [2.45, 2.75) is 36.0 Å². The van der Waals surface area contributed by atoms with Crippen LogP contribution in [-0.2, 0) is 21.2 Å². The number of aryl methyl sites for hydroxylation is 1. The third-order valence-corrected chi connectivity index (χ3v) is 7.41. The Morgan fingerprint density at radius 1 is 1.43 bits per heavy atom. The highest BCUT2D eigenvalue weighted by atomic mass is 32.2. The molecule has 2 saturated heterocycles. The Balaban J connectivity index is 1.92. The second-order valence-electron chi connectivity index (χ2n) is 5.46. The van der Waals surface area contributed by atoms with Crippen LogP contribution < -0.4 is 0 Å². The third kappa shape index (κ3) is 2.99. The Kier molecular flexibility index (Phi) is 4.59. The van der Waals surface area contributed by atoms with Gasteiger partial charge in [0, 0.05) is 30.2 Å². The number of benzene rings is 1. The summed E-state index contributed by atoms with van der Waals surface area (Å²) < 4.78 is 33.2. The van der Waals surface area contributed by atoms with Gasteiger partial charge in [-0.3, -0.25) is 0 Å². The average Bonchev–Trinajstić information content (AvgIpc) is 2.54. The first-order valence-electron chi connectivity index (χ1n) is 7.43. The predicted octanol–water partition coefficient (Wildman–Crippen LogP) is 2.14. The number of hydrogen-bond donors (Lipinski definition) is 0. The molecule has 1 aromatic rings. The molecular weight excluding hydrogens is 306 g/mol. The summed E-state index contributed by atoms with van der Waals surface area (Å²) in [4.78, 5) is 0.430. The smallest absolute Gasteiger partial charge is 0.243 e. The molecule has 1 aromatic carbocycles. The fraction of sp³-hybridized carbons (Fsp3) is 0.600. The van der Waals surface area contributed by atoms with Gasteiger partial charge in [-0.2, -0.15) is 16.1 Å². The van der Waals surface area contributed by atoms with E-state index in [0.717, 1.165) is 24.2 Å². The molecule has 0 unspecified atom stereocenters. The standard InChI is InChI=1S/C15H21NO3S2/c1-2-12-4-3-5-13(10-12)21(17,18)16-7-9-20-15-11-19-8-6-14(15)16/h3-5,10,14-15H,2,6-9,11H2,1H3/t14-,15-/m0/s1. The van der Waals surface area contributed by atoms with Crippen LogP contribution in [0.3, 0.4) is 0 Å². The van der Waals surface area contributed by atoms with Crippen LogP contribution in [0, 0.1) is 0 Å². The van der Waals surface area contributed by atoms with E-state index in [1.54, 1.807) is 10.4 Å². The first-order valence-corrected chi connectivity index (χ1v) is 9.92. The number of thioether (sulfide) groups is 1. The molecule has 2 heterocycles. The monoisotopic (exact) mass is 327 g/mol. The van der Waals surface area contributed by atoms with Gasteiger partial charge in [-0.1, -0.05) is 19.1 Å². The molecule has 21 heavy (non-hydrogen) atoms. The second-order valence-corrected chi connectivity index (χ2v) is 8.69. The van der Waals surface area contributed by atoms with Gasteiger partial charge in [0.25, 0.3) is 0 Å². The Morgan fingerprint density at radius 3 is 3.10 bits per heavy atom. The van der Waals surface area contributed by atoms with Gasteiger partial charge in [0.1, 0.15) is 0 Å². The van der Waals surface area contributed by atoms with Crippen molar-refractivity contribution in [2.75, 3.05) is 25.5 Å². The molecule has 0 aliphatic carbocycles. The lowest BCUT2D eigenvalue weighted by Crippen LogP contribution is -2.54. The van der Waals surface area contributed by atoms with Crippen LogP contribution in [0.25, 0.3) is 0 Å². The van der Waals surface area contributed by atoms with Crippen LogP contribution in [0.5, 0.6) is 0 Å². The molecular formula is C15H21NO3S2. The van der Waals surface area contributed by atoms with Crippen molar-refractivity contribution in [3.63, 3.8) is 0 Å². The molecule has 116 valence electrons. The lowest BCUT2D eigenvalue weighted by atomic mass is 10.1. The number of rotatable bonds is 3. The molecule has 0 spiro atoms. The number of nitrogens with zero attached hydrogens (tertiary/aromatic N) is 1. The summed E-state index contributed by atoms with van der Waals surface area (Å²) in [6.07, 6.45) is 1.64. The maximum Gasteiger partial charge on any atom is 0.243 e. The van der Waals surface area contributed by atoms with Gasteiger partial charge in [0.15, 0.2) is 0 Å². The quantitative estimate of drug-likeness (QED) is 0.853. The summed E-state index contributed by atoms with van der Waals surface area (Å²) >= 11 is 1.84. The molecule has 0 N–H and O–H groups in total. The van der Waals surface area contributed by atoms with E-state index in [4.69, 9.17) is 4.74 Å². The number of fused-ring (bicyclic) bond motifs is 1. The van der Waals surface area contributed by atoms with Crippen LogP contribution >= 0.6 is 11.8 Å². The minimum Gasteiger partial charge on any atom is -0.380 e. The van der Waals surface area contributed by atoms with Crippen LogP contribution in [-0.4, -0.2) is 49.5 Å². The van der Waals surface area contributed by atoms with E-state index in [-0.39, 0.29) is 11.3 Å². The minimum atomic E-state index is -3.40. The summed E-state index contributed by atoms with van der Waals surface area (Å²) in [7, 11) is -3.40. The SMILES string of the molecule is CCc1cccc(S(=O)(=O)N2CCS[C@H]3COCC[C@@H]32)c1. The van der Waals surface area contributed by atoms with Crippen molar-refractivity contribution in [3.8, 4) is 0 Å². The van der Waals surface area contributed by atoms with Crippen LogP contribution in [0.2, 0.25) is 0 Å². The molecule has 3 rings (SSSR count). The highest BCUT2D eigenvalue weighted by molar-refractivity contribution is 8.00. The highest BCUT2D eigenvalue weighted by Gasteiger charge is 2.40. The molecule has 2 aliphatic heterocycles. The summed E-state index contributed by atoms with van der Waals surface area (Å²) in [5.74, 6) is 0.844. The van der Waals surface area contributed by atoms with Crippen LogP contribution in [0.1, 0.15) is 18.9 Å². The molecule has 0 aromatic heterocycles. The number of hydrogen-bond acceptors (Lipinski definition) is 4. The summed E-state index contributed by atoms with van der Waals surface area (Å²) in [6.45, 7) is 3.96. The lowest BCUT2D eigenvalue weighted by Gasteiger charge is -2.42. The normalized spacial score (nSPS) is 27.3. The van der Waals surface area contributed by atoms with Crippen molar-refractivity contribution in [1.82, 2.24) is 4.31 Å². The molecule has 0 radical (unpaired) electrons. The molecule has 6 heteroatoms. The van der Waals surface area contributed by atoms with Gasteiger partial charge in [-0.15, -0.1) is 0 Å². The van der Waals surface area contributed by atoms with Crippen LogP contribution in [0.4, 0.5) is 0 Å². The van der Waals surface area contributed by atoms with Crippen LogP contribution in [0.15, 0.2) is 29.2 Å². The van der Waals surface area contributed by atoms with E-state index < -0.39 is 10.0 Å². The first kappa shape index (κ1) is 15.3. The minimum absolute atomic E-state index is 0.0767. The fourth-order valence-corrected chi connectivity index (χ4v) is 6.27. The molecule has 2 aliphatic rings. The molecule has 4 nitrogen and oxygen atoms in total. The van der Waals surface area contributed by atoms with Gasteiger partial charge in [0.05, 0.1) is 11.5 Å². The maximum atomic E-state index is 13.0. The second kappa shape index (κ2) is 6.28. The van der Waals surface area contributed by atoms with E-state index in [9.17, 15) is 8.42 Å². The zero-order valence-corrected chi connectivity index (χ0v) is 13.8. The van der Waals surface area contributed by atoms with Crippen molar-refractivity contribution in [1.29, 1.82) is 0 Å². The first-order chi connectivity index (χ1) is 10.1. The average molecular weight is 327 g/mol. The Morgan fingerprint density at radius 2 is 2.29 bits per heavy atom. The Bertz CT molecular complexity index is 601. The topological polar surface area (TPSA) is 46.6 Å². The van der Waals surface area contributed by atoms with Crippen molar-refractivity contribution >= 4 is 21.8 Å². The number of ether oxygens (including phenoxy) is 1. The molecule has 0 saturated carbocycles. The van der Waals surface area contributed by atoms with Crippen molar-refractivity contribution in [3.05, 3.63) is 29.8 Å². The summed E-state index contributed by atoms with van der Waals surface area (Å²) in [5.41, 5.74) is 1.06. The summed E-state index contributed by atoms with van der Waals surface area (Å²) in [6, 6.07) is 7.41.